The predicted octanol–water partition coefficient (Wildman–Crippen LogP) is 4.33. The number of ketones is 2. The van der Waals surface area contributed by atoms with Crippen LogP contribution in [0.5, 0.6) is 0 Å². The van der Waals surface area contributed by atoms with Gasteiger partial charge in [0.15, 0.2) is 11.6 Å². The zero-order chi connectivity index (χ0) is 15.5. The van der Waals surface area contributed by atoms with Crippen molar-refractivity contribution in [3.05, 3.63) is 11.1 Å². The summed E-state index contributed by atoms with van der Waals surface area (Å²) < 4.78 is 0. The van der Waals surface area contributed by atoms with Crippen molar-refractivity contribution >= 4 is 11.6 Å². The van der Waals surface area contributed by atoms with Gasteiger partial charge in [-0.25, -0.2) is 0 Å². The van der Waals surface area contributed by atoms with E-state index in [1.807, 2.05) is 20.8 Å². The van der Waals surface area contributed by atoms with Gasteiger partial charge < -0.3 is 0 Å². The van der Waals surface area contributed by atoms with Crippen LogP contribution >= 0.6 is 0 Å². The third kappa shape index (κ3) is 2.27. The molecule has 1 saturated carbocycles. The Labute approximate surface area is 123 Å². The number of fused-ring (bicyclic) bond motifs is 1. The van der Waals surface area contributed by atoms with Crippen LogP contribution in [0.1, 0.15) is 67.7 Å². The minimum atomic E-state index is -0.420. The first-order chi connectivity index (χ1) is 8.88. The summed E-state index contributed by atoms with van der Waals surface area (Å²) in [6.45, 7) is 14.6. The third-order valence-corrected chi connectivity index (χ3v) is 5.16. The van der Waals surface area contributed by atoms with E-state index in [-0.39, 0.29) is 28.3 Å². The van der Waals surface area contributed by atoms with Crippen LogP contribution < -0.4 is 0 Å². The SMILES string of the molecule is CC(C)(C)C(=O)C1=C2C(=O)CCC(C)(C)C2CC1(C)C. The zero-order valence-corrected chi connectivity index (χ0v) is 14.0. The van der Waals surface area contributed by atoms with Crippen LogP contribution in [0.15, 0.2) is 11.1 Å². The number of carbonyl (C=O) groups excluding carboxylic acids is 2. The predicted molar refractivity (Wildman–Crippen MR) is 81.4 cm³/mol. The van der Waals surface area contributed by atoms with E-state index in [0.29, 0.717) is 6.42 Å². The molecular formula is C18H28O2. The van der Waals surface area contributed by atoms with Gasteiger partial charge in [0, 0.05) is 23.0 Å². The third-order valence-electron chi connectivity index (χ3n) is 5.16. The number of hydrogen-bond acceptors (Lipinski definition) is 2. The van der Waals surface area contributed by atoms with Crippen molar-refractivity contribution in [1.29, 1.82) is 0 Å². The summed E-state index contributed by atoms with van der Waals surface area (Å²) in [5.41, 5.74) is 1.22. The molecule has 0 bridgehead atoms. The molecule has 0 radical (unpaired) electrons. The molecule has 0 aliphatic heterocycles. The highest BCUT2D eigenvalue weighted by Crippen LogP contribution is 2.57. The molecule has 0 N–H and O–H groups in total. The average Bonchev–Trinajstić information content (AvgIpc) is 2.55. The van der Waals surface area contributed by atoms with Crippen LogP contribution in [0, 0.1) is 22.2 Å². The summed E-state index contributed by atoms with van der Waals surface area (Å²) in [5, 5.41) is 0. The Morgan fingerprint density at radius 3 is 2.20 bits per heavy atom. The highest BCUT2D eigenvalue weighted by Gasteiger charge is 2.52. The lowest BCUT2D eigenvalue weighted by molar-refractivity contribution is -0.124. The van der Waals surface area contributed by atoms with Crippen molar-refractivity contribution < 1.29 is 9.59 Å². The van der Waals surface area contributed by atoms with Gasteiger partial charge in [0.1, 0.15) is 0 Å². The van der Waals surface area contributed by atoms with E-state index < -0.39 is 5.41 Å². The largest absolute Gasteiger partial charge is 0.295 e. The Balaban J connectivity index is 2.63. The van der Waals surface area contributed by atoms with Crippen molar-refractivity contribution in [1.82, 2.24) is 0 Å². The molecule has 0 aromatic heterocycles. The standard InChI is InChI=1S/C18H28O2/c1-16(2,3)15(20)14-13-11(10-18(14,6)7)17(4,5)9-8-12(13)19/h11H,8-10H2,1-7H3. The first-order valence-electron chi connectivity index (χ1n) is 7.70. The van der Waals surface area contributed by atoms with Gasteiger partial charge in [0.25, 0.3) is 0 Å². The molecule has 0 aromatic carbocycles. The van der Waals surface area contributed by atoms with E-state index in [0.717, 1.165) is 24.0 Å². The Hall–Kier alpha value is -0.920. The molecule has 0 heterocycles. The topological polar surface area (TPSA) is 34.1 Å². The lowest BCUT2D eigenvalue weighted by atomic mass is 9.66. The summed E-state index contributed by atoms with van der Waals surface area (Å²) in [5.74, 6) is 0.624. The fraction of sp³-hybridized carbons (Fsp3) is 0.778. The lowest BCUT2D eigenvalue weighted by Crippen LogP contribution is -2.33. The van der Waals surface area contributed by atoms with E-state index in [1.165, 1.54) is 0 Å². The number of rotatable bonds is 1. The van der Waals surface area contributed by atoms with Crippen LogP contribution in [0.3, 0.4) is 0 Å². The maximum absolute atomic E-state index is 12.9. The van der Waals surface area contributed by atoms with Gasteiger partial charge in [0.05, 0.1) is 0 Å². The van der Waals surface area contributed by atoms with Gasteiger partial charge in [-0.1, -0.05) is 48.5 Å². The van der Waals surface area contributed by atoms with Crippen LogP contribution in [0.2, 0.25) is 0 Å². The van der Waals surface area contributed by atoms with Crippen LogP contribution in [0.4, 0.5) is 0 Å². The first-order valence-corrected chi connectivity index (χ1v) is 7.70. The summed E-state index contributed by atoms with van der Waals surface area (Å²) >= 11 is 0. The van der Waals surface area contributed by atoms with E-state index >= 15 is 0 Å². The van der Waals surface area contributed by atoms with Gasteiger partial charge in [-0.05, 0) is 29.6 Å². The van der Waals surface area contributed by atoms with Crippen LogP contribution in [0.25, 0.3) is 0 Å². The molecule has 1 unspecified atom stereocenters. The molecule has 0 saturated heterocycles. The molecule has 112 valence electrons. The first kappa shape index (κ1) is 15.5. The second-order valence-electron chi connectivity index (χ2n) is 8.92. The van der Waals surface area contributed by atoms with Crippen molar-refractivity contribution in [3.8, 4) is 0 Å². The zero-order valence-electron chi connectivity index (χ0n) is 14.0. The van der Waals surface area contributed by atoms with E-state index in [2.05, 4.69) is 27.7 Å². The fourth-order valence-corrected chi connectivity index (χ4v) is 3.80. The van der Waals surface area contributed by atoms with Gasteiger partial charge in [-0.2, -0.15) is 0 Å². The maximum Gasteiger partial charge on any atom is 0.165 e. The summed E-state index contributed by atoms with van der Waals surface area (Å²) in [4.78, 5) is 25.4. The minimum absolute atomic E-state index is 0.125. The molecule has 2 rings (SSSR count). The quantitative estimate of drug-likeness (QED) is 0.714. The second-order valence-corrected chi connectivity index (χ2v) is 8.92. The van der Waals surface area contributed by atoms with Crippen molar-refractivity contribution in [2.45, 2.75) is 67.7 Å². The highest BCUT2D eigenvalue weighted by atomic mass is 16.1. The summed E-state index contributed by atoms with van der Waals surface area (Å²) in [6.07, 6.45) is 2.46. The molecule has 2 aliphatic carbocycles. The fourth-order valence-electron chi connectivity index (χ4n) is 3.80. The van der Waals surface area contributed by atoms with Crippen molar-refractivity contribution in [2.24, 2.45) is 22.2 Å². The molecule has 2 aliphatic rings. The van der Waals surface area contributed by atoms with Crippen LogP contribution in [-0.2, 0) is 9.59 Å². The highest BCUT2D eigenvalue weighted by molar-refractivity contribution is 6.10. The number of hydrogen-bond donors (Lipinski definition) is 0. The number of allylic oxidation sites excluding steroid dienone is 2. The van der Waals surface area contributed by atoms with Gasteiger partial charge in [0.2, 0.25) is 0 Å². The van der Waals surface area contributed by atoms with Crippen LogP contribution in [-0.4, -0.2) is 11.6 Å². The summed E-state index contributed by atoms with van der Waals surface area (Å²) in [7, 11) is 0. The Morgan fingerprint density at radius 1 is 1.15 bits per heavy atom. The van der Waals surface area contributed by atoms with E-state index in [9.17, 15) is 9.59 Å². The average molecular weight is 276 g/mol. The molecule has 2 nitrogen and oxygen atoms in total. The molecule has 0 aromatic rings. The van der Waals surface area contributed by atoms with E-state index in [4.69, 9.17) is 0 Å². The van der Waals surface area contributed by atoms with Gasteiger partial charge in [-0.3, -0.25) is 9.59 Å². The minimum Gasteiger partial charge on any atom is -0.295 e. The van der Waals surface area contributed by atoms with Gasteiger partial charge in [-0.15, -0.1) is 0 Å². The Kier molecular flexibility index (Phi) is 3.31. The molecule has 20 heavy (non-hydrogen) atoms. The molecular weight excluding hydrogens is 248 g/mol. The Bertz CT molecular complexity index is 498. The molecule has 0 amide bonds. The molecule has 1 atom stereocenters. The number of Topliss-reactive ketones (excluding diaryl/α,β-unsaturated/α-hetero) is 2. The van der Waals surface area contributed by atoms with E-state index in [1.54, 1.807) is 0 Å². The summed E-state index contributed by atoms with van der Waals surface area (Å²) in [6, 6.07) is 0. The molecule has 1 fully saturated rings. The second kappa shape index (κ2) is 4.29. The monoisotopic (exact) mass is 276 g/mol. The maximum atomic E-state index is 12.9. The van der Waals surface area contributed by atoms with Gasteiger partial charge >= 0.3 is 0 Å². The molecule has 2 heteroatoms. The number of carbonyl (C=O) groups is 2. The van der Waals surface area contributed by atoms with Crippen molar-refractivity contribution in [3.63, 3.8) is 0 Å². The normalized spacial score (nSPS) is 28.6. The Morgan fingerprint density at radius 2 is 1.70 bits per heavy atom. The van der Waals surface area contributed by atoms with Crippen molar-refractivity contribution in [2.75, 3.05) is 0 Å². The smallest absolute Gasteiger partial charge is 0.165 e. The lowest BCUT2D eigenvalue weighted by Gasteiger charge is -2.38. The molecule has 0 spiro atoms.